The van der Waals surface area contributed by atoms with E-state index in [2.05, 4.69) is 15.8 Å². The third-order valence-electron chi connectivity index (χ3n) is 5.35. The molecule has 1 fully saturated rings. The number of hydroxylamine groups is 1. The molecule has 0 unspecified atom stereocenters. The molecular weight excluding hydrogens is 432 g/mol. The molecule has 182 valence electrons. The van der Waals surface area contributed by atoms with E-state index in [-0.39, 0.29) is 12.5 Å². The van der Waals surface area contributed by atoms with E-state index in [1.54, 1.807) is 17.8 Å². The van der Waals surface area contributed by atoms with Crippen LogP contribution in [0.5, 0.6) is 0 Å². The first-order chi connectivity index (χ1) is 15.9. The fourth-order valence-electron chi connectivity index (χ4n) is 3.39. The zero-order valence-electron chi connectivity index (χ0n) is 18.6. The summed E-state index contributed by atoms with van der Waals surface area (Å²) in [4.78, 5) is 17.0. The molecule has 1 aliphatic rings. The van der Waals surface area contributed by atoms with Gasteiger partial charge in [-0.15, -0.1) is 5.10 Å². The van der Waals surface area contributed by atoms with Crippen molar-refractivity contribution in [2.24, 2.45) is 0 Å². The second-order valence-electron chi connectivity index (χ2n) is 8.08. The lowest BCUT2D eigenvalue weighted by Crippen LogP contribution is -2.57. The van der Waals surface area contributed by atoms with Crippen molar-refractivity contribution in [3.8, 4) is 0 Å². The number of nitrogens with one attached hydrogen (secondary N) is 1. The summed E-state index contributed by atoms with van der Waals surface area (Å²) in [5.41, 5.74) is 4.00. The molecular formula is C22H32N4O7. The normalized spacial score (nSPS) is 25.2. The van der Waals surface area contributed by atoms with Crippen molar-refractivity contribution in [2.75, 3.05) is 0 Å². The highest BCUT2D eigenvalue weighted by Crippen LogP contribution is 2.22. The molecule has 1 amide bonds. The zero-order chi connectivity index (χ0) is 23.6. The minimum atomic E-state index is -1.35. The van der Waals surface area contributed by atoms with Gasteiger partial charge in [0.15, 0.2) is 6.29 Å². The van der Waals surface area contributed by atoms with E-state index in [1.165, 1.54) is 0 Å². The van der Waals surface area contributed by atoms with Crippen molar-refractivity contribution in [1.82, 2.24) is 20.5 Å². The van der Waals surface area contributed by atoms with E-state index < -0.39 is 30.7 Å². The number of unbranched alkanes of at least 4 members (excludes halogenated alkanes) is 2. The first-order valence-corrected chi connectivity index (χ1v) is 11.1. The smallest absolute Gasteiger partial charge is 0.243 e. The molecule has 11 nitrogen and oxygen atoms in total. The molecule has 2 heterocycles. The standard InChI is InChI=1S/C22H32N4O7/c1-15-19(28)20(29)21(30)22(33-15)31-14-17-12-26(25-23-17)11-7-3-6-10-18(27)24-32-13-16-8-4-2-5-9-16/h2,4-5,8-9,12,15,19-22,28-30H,3,6-7,10-11,13-14H2,1H3,(H,24,27)/t15-,19+,20+,21-,22+/m0/s1. The van der Waals surface area contributed by atoms with Gasteiger partial charge in [-0.3, -0.25) is 14.3 Å². The lowest BCUT2D eigenvalue weighted by molar-refractivity contribution is -0.296. The second kappa shape index (κ2) is 12.7. The molecule has 1 aliphatic heterocycles. The lowest BCUT2D eigenvalue weighted by atomic mass is 10.0. The number of aliphatic hydroxyl groups is 3. The summed E-state index contributed by atoms with van der Waals surface area (Å²) in [5, 5.41) is 37.6. The third-order valence-corrected chi connectivity index (χ3v) is 5.35. The van der Waals surface area contributed by atoms with Crippen LogP contribution in [0.1, 0.15) is 43.9 Å². The number of nitrogens with zero attached hydrogens (tertiary/aromatic N) is 3. The SMILES string of the molecule is C[C@@H]1O[C@@H](OCc2cn(CCCCCC(=O)NOCc3ccccc3)nn2)[C@@H](O)[C@H](O)[C@@H]1O. The monoisotopic (exact) mass is 464 g/mol. The Morgan fingerprint density at radius 3 is 2.67 bits per heavy atom. The molecule has 33 heavy (non-hydrogen) atoms. The Morgan fingerprint density at radius 1 is 1.09 bits per heavy atom. The second-order valence-corrected chi connectivity index (χ2v) is 8.08. The van der Waals surface area contributed by atoms with Crippen LogP contribution in [0.25, 0.3) is 0 Å². The van der Waals surface area contributed by atoms with Crippen LogP contribution < -0.4 is 5.48 Å². The van der Waals surface area contributed by atoms with Gasteiger partial charge in [-0.1, -0.05) is 42.0 Å². The van der Waals surface area contributed by atoms with Crippen LogP contribution in [0.4, 0.5) is 0 Å². The molecule has 1 saturated heterocycles. The van der Waals surface area contributed by atoms with Crippen molar-refractivity contribution in [3.05, 3.63) is 47.8 Å². The molecule has 1 aromatic carbocycles. The first kappa shape index (κ1) is 25.2. The van der Waals surface area contributed by atoms with Crippen molar-refractivity contribution in [2.45, 2.75) is 83.1 Å². The number of rotatable bonds is 12. The summed E-state index contributed by atoms with van der Waals surface area (Å²) in [7, 11) is 0. The van der Waals surface area contributed by atoms with E-state index in [0.717, 1.165) is 24.8 Å². The van der Waals surface area contributed by atoms with Crippen LogP contribution in [-0.4, -0.2) is 66.9 Å². The summed E-state index contributed by atoms with van der Waals surface area (Å²) in [6.07, 6.45) is -1.08. The fraction of sp³-hybridized carbons (Fsp3) is 0.591. The molecule has 3 rings (SSSR count). The van der Waals surface area contributed by atoms with Crippen LogP contribution in [-0.2, 0) is 38.9 Å². The topological polar surface area (TPSA) is 148 Å². The van der Waals surface area contributed by atoms with Gasteiger partial charge >= 0.3 is 0 Å². The predicted molar refractivity (Wildman–Crippen MR) is 115 cm³/mol. The molecule has 0 saturated carbocycles. The van der Waals surface area contributed by atoms with Crippen molar-refractivity contribution < 1.29 is 34.4 Å². The minimum Gasteiger partial charge on any atom is -0.388 e. The highest BCUT2D eigenvalue weighted by molar-refractivity contribution is 5.74. The average molecular weight is 465 g/mol. The predicted octanol–water partition coefficient (Wildman–Crippen LogP) is 0.431. The number of benzene rings is 1. The maximum Gasteiger partial charge on any atom is 0.243 e. The summed E-state index contributed by atoms with van der Waals surface area (Å²) >= 11 is 0. The van der Waals surface area contributed by atoms with Crippen molar-refractivity contribution >= 4 is 5.91 Å². The van der Waals surface area contributed by atoms with E-state index in [4.69, 9.17) is 14.3 Å². The summed E-state index contributed by atoms with van der Waals surface area (Å²) in [5.74, 6) is -0.148. The van der Waals surface area contributed by atoms with Crippen LogP contribution in [0, 0.1) is 0 Å². The van der Waals surface area contributed by atoms with Crippen molar-refractivity contribution in [3.63, 3.8) is 0 Å². The molecule has 1 aromatic heterocycles. The molecule has 2 aromatic rings. The van der Waals surface area contributed by atoms with Gasteiger partial charge in [0, 0.05) is 13.0 Å². The van der Waals surface area contributed by atoms with E-state index in [0.29, 0.717) is 25.3 Å². The Bertz CT molecular complexity index is 850. The quantitative estimate of drug-likeness (QED) is 0.259. The van der Waals surface area contributed by atoms with Crippen LogP contribution >= 0.6 is 0 Å². The van der Waals surface area contributed by atoms with Crippen LogP contribution in [0.3, 0.4) is 0 Å². The van der Waals surface area contributed by atoms with E-state index in [1.807, 2.05) is 30.3 Å². The maximum absolute atomic E-state index is 11.8. The van der Waals surface area contributed by atoms with E-state index in [9.17, 15) is 20.1 Å². The van der Waals surface area contributed by atoms with E-state index >= 15 is 0 Å². The van der Waals surface area contributed by atoms with Gasteiger partial charge in [0.25, 0.3) is 0 Å². The molecule has 11 heteroatoms. The van der Waals surface area contributed by atoms with Crippen LogP contribution in [0.15, 0.2) is 36.5 Å². The Hall–Kier alpha value is -2.41. The van der Waals surface area contributed by atoms with Gasteiger partial charge in [-0.05, 0) is 25.3 Å². The maximum atomic E-state index is 11.8. The number of aliphatic hydroxyl groups excluding tert-OH is 3. The molecule has 5 atom stereocenters. The van der Waals surface area contributed by atoms with Gasteiger partial charge in [-0.2, -0.15) is 0 Å². The Kier molecular flexibility index (Phi) is 9.73. The minimum absolute atomic E-state index is 0.0421. The summed E-state index contributed by atoms with van der Waals surface area (Å²) in [6.45, 7) is 2.61. The number of hydrogen-bond acceptors (Lipinski definition) is 9. The van der Waals surface area contributed by atoms with Gasteiger partial charge in [0.1, 0.15) is 24.0 Å². The molecule has 0 spiro atoms. The molecule has 0 bridgehead atoms. The zero-order valence-corrected chi connectivity index (χ0v) is 18.6. The van der Waals surface area contributed by atoms with Crippen molar-refractivity contribution in [1.29, 1.82) is 0 Å². The largest absolute Gasteiger partial charge is 0.388 e. The highest BCUT2D eigenvalue weighted by atomic mass is 16.7. The number of hydrogen-bond donors (Lipinski definition) is 4. The highest BCUT2D eigenvalue weighted by Gasteiger charge is 2.42. The molecule has 4 N–H and O–H groups in total. The van der Waals surface area contributed by atoms with Gasteiger partial charge in [-0.25, -0.2) is 5.48 Å². The third kappa shape index (κ3) is 7.84. The Balaban J connectivity index is 1.26. The number of carbonyl (C=O) groups is 1. The van der Waals surface area contributed by atoms with Gasteiger partial charge < -0.3 is 24.8 Å². The van der Waals surface area contributed by atoms with Gasteiger partial charge in [0.2, 0.25) is 5.91 Å². The molecule has 0 radical (unpaired) electrons. The number of carbonyl (C=O) groups excluding carboxylic acids is 1. The Labute approximate surface area is 192 Å². The summed E-state index contributed by atoms with van der Waals surface area (Å²) in [6, 6.07) is 9.61. The van der Waals surface area contributed by atoms with Gasteiger partial charge in [0.05, 0.1) is 25.5 Å². The average Bonchev–Trinajstić information content (AvgIpc) is 3.27. The number of ether oxygens (including phenoxy) is 2. The van der Waals surface area contributed by atoms with Crippen LogP contribution in [0.2, 0.25) is 0 Å². The first-order valence-electron chi connectivity index (χ1n) is 11.1. The fourth-order valence-corrected chi connectivity index (χ4v) is 3.39. The number of aryl methyl sites for hydroxylation is 1. The Morgan fingerprint density at radius 2 is 1.88 bits per heavy atom. The number of aromatic nitrogens is 3. The summed E-state index contributed by atoms with van der Waals surface area (Å²) < 4.78 is 12.6. The number of amides is 1. The molecule has 0 aliphatic carbocycles. The lowest BCUT2D eigenvalue weighted by Gasteiger charge is -2.38.